The molecule has 1 N–H and O–H groups in total. The number of aromatic carboxylic acids is 1. The third kappa shape index (κ3) is 5.09. The fraction of sp³-hybridized carbons (Fsp3) is 0.500. The molecule has 9 nitrogen and oxygen atoms in total. The van der Waals surface area contributed by atoms with Crippen LogP contribution in [-0.4, -0.2) is 51.2 Å². The number of aromatic nitrogens is 3. The Bertz CT molecular complexity index is 1320. The van der Waals surface area contributed by atoms with Crippen LogP contribution in [0.15, 0.2) is 28.9 Å². The van der Waals surface area contributed by atoms with Crippen LogP contribution in [0, 0.1) is 25.7 Å². The fourth-order valence-corrected chi connectivity index (χ4v) is 5.92. The molecular formula is C28H33ClN4O5. The van der Waals surface area contributed by atoms with Gasteiger partial charge in [0.25, 0.3) is 0 Å². The van der Waals surface area contributed by atoms with Crippen molar-refractivity contribution in [1.82, 2.24) is 14.9 Å². The van der Waals surface area contributed by atoms with Gasteiger partial charge in [-0.05, 0) is 70.4 Å². The topological polar surface area (TPSA) is 111 Å². The molecule has 5 rings (SSSR count). The molecule has 0 spiro atoms. The molecule has 0 atom stereocenters. The molecule has 1 saturated heterocycles. The first-order chi connectivity index (χ1) is 18.2. The van der Waals surface area contributed by atoms with Crippen molar-refractivity contribution in [3.05, 3.63) is 46.4 Å². The van der Waals surface area contributed by atoms with E-state index in [-0.39, 0.29) is 29.2 Å². The maximum Gasteiger partial charge on any atom is 0.341 e. The molecule has 10 heteroatoms. The average Bonchev–Trinajstić information content (AvgIpc) is 3.49. The standard InChI is InChI=1S/C28H33ClN4O5/c1-16-4-6-19(7-5-16)27(34)33(20-10-12-37-13-11-20)26-23(28(35)36)15-32(30-26)21-8-9-22(24(29)14-21)25-17(2)31-38-18(25)3/h8-9,14-16,19-20H,4-7,10-13H2,1-3H3,(H,35,36). The predicted octanol–water partition coefficient (Wildman–Crippen LogP) is 5.83. The average molecular weight is 541 g/mol. The highest BCUT2D eigenvalue weighted by Gasteiger charge is 2.37. The van der Waals surface area contributed by atoms with Crippen molar-refractivity contribution < 1.29 is 24.0 Å². The minimum Gasteiger partial charge on any atom is -0.477 e. The zero-order valence-corrected chi connectivity index (χ0v) is 22.7. The van der Waals surface area contributed by atoms with Crippen molar-refractivity contribution in [1.29, 1.82) is 0 Å². The predicted molar refractivity (Wildman–Crippen MR) is 143 cm³/mol. The minimum absolute atomic E-state index is 0.0139. The molecule has 0 bridgehead atoms. The number of halogens is 1. The molecule has 2 fully saturated rings. The highest BCUT2D eigenvalue weighted by molar-refractivity contribution is 6.33. The van der Waals surface area contributed by atoms with Crippen LogP contribution >= 0.6 is 11.6 Å². The van der Waals surface area contributed by atoms with Gasteiger partial charge in [-0.2, -0.15) is 0 Å². The summed E-state index contributed by atoms with van der Waals surface area (Å²) in [4.78, 5) is 28.0. The van der Waals surface area contributed by atoms with Crippen LogP contribution in [0.4, 0.5) is 5.82 Å². The molecule has 2 aliphatic rings. The first-order valence-corrected chi connectivity index (χ1v) is 13.6. The zero-order valence-electron chi connectivity index (χ0n) is 21.9. The highest BCUT2D eigenvalue weighted by Crippen LogP contribution is 2.36. The Labute approximate surface area is 226 Å². The van der Waals surface area contributed by atoms with E-state index in [0.717, 1.165) is 42.5 Å². The smallest absolute Gasteiger partial charge is 0.341 e. The van der Waals surface area contributed by atoms with Crippen molar-refractivity contribution in [3.8, 4) is 16.8 Å². The van der Waals surface area contributed by atoms with E-state index in [4.69, 9.17) is 20.9 Å². The molecule has 3 aromatic rings. The number of carboxylic acids is 1. The monoisotopic (exact) mass is 540 g/mol. The first kappa shape index (κ1) is 26.4. The summed E-state index contributed by atoms with van der Waals surface area (Å²) in [5.41, 5.74) is 2.90. The van der Waals surface area contributed by atoms with Crippen LogP contribution in [0.3, 0.4) is 0 Å². The van der Waals surface area contributed by atoms with Crippen LogP contribution in [0.1, 0.15) is 67.3 Å². The fourth-order valence-electron chi connectivity index (χ4n) is 5.65. The summed E-state index contributed by atoms with van der Waals surface area (Å²) in [6.45, 7) is 6.94. The summed E-state index contributed by atoms with van der Waals surface area (Å²) >= 11 is 6.67. The van der Waals surface area contributed by atoms with Gasteiger partial charge < -0.3 is 14.4 Å². The van der Waals surface area contributed by atoms with E-state index in [1.165, 1.54) is 10.9 Å². The van der Waals surface area contributed by atoms with Gasteiger partial charge in [0.1, 0.15) is 11.3 Å². The molecule has 0 radical (unpaired) electrons. The molecule has 2 aromatic heterocycles. The third-order valence-corrected chi connectivity index (χ3v) is 8.14. The molecule has 1 saturated carbocycles. The number of benzene rings is 1. The van der Waals surface area contributed by atoms with Crippen LogP contribution in [0.2, 0.25) is 5.02 Å². The molecule has 3 heterocycles. The van der Waals surface area contributed by atoms with Gasteiger partial charge in [0.2, 0.25) is 5.91 Å². The van der Waals surface area contributed by atoms with Gasteiger partial charge in [0, 0.05) is 42.5 Å². The Morgan fingerprint density at radius 2 is 1.82 bits per heavy atom. The Morgan fingerprint density at radius 3 is 2.42 bits per heavy atom. The quantitative estimate of drug-likeness (QED) is 0.418. The van der Waals surface area contributed by atoms with Gasteiger partial charge in [0.15, 0.2) is 5.82 Å². The molecule has 202 valence electrons. The molecule has 38 heavy (non-hydrogen) atoms. The number of anilines is 1. The summed E-state index contributed by atoms with van der Waals surface area (Å²) in [5, 5.41) is 19.3. The van der Waals surface area contributed by atoms with Gasteiger partial charge in [-0.1, -0.05) is 29.7 Å². The van der Waals surface area contributed by atoms with Crippen molar-refractivity contribution in [2.75, 3.05) is 18.1 Å². The Balaban J connectivity index is 1.54. The number of ether oxygens (including phenoxy) is 1. The van der Waals surface area contributed by atoms with Gasteiger partial charge in [-0.3, -0.25) is 9.69 Å². The third-order valence-electron chi connectivity index (χ3n) is 7.83. The number of aryl methyl sites for hydroxylation is 2. The lowest BCUT2D eigenvalue weighted by Crippen LogP contribution is -2.47. The van der Waals surface area contributed by atoms with Crippen molar-refractivity contribution >= 4 is 29.3 Å². The van der Waals surface area contributed by atoms with Crippen LogP contribution in [0.5, 0.6) is 0 Å². The van der Waals surface area contributed by atoms with E-state index in [2.05, 4.69) is 17.2 Å². The van der Waals surface area contributed by atoms with Crippen LogP contribution in [0.25, 0.3) is 16.8 Å². The van der Waals surface area contributed by atoms with Crippen LogP contribution < -0.4 is 4.90 Å². The molecule has 0 unspecified atom stereocenters. The number of rotatable bonds is 6. The summed E-state index contributed by atoms with van der Waals surface area (Å²) in [6, 6.07) is 5.23. The lowest BCUT2D eigenvalue weighted by Gasteiger charge is -2.37. The van der Waals surface area contributed by atoms with Crippen molar-refractivity contribution in [2.24, 2.45) is 11.8 Å². The van der Waals surface area contributed by atoms with Gasteiger partial charge in [-0.25, -0.2) is 9.48 Å². The van der Waals surface area contributed by atoms with E-state index >= 15 is 0 Å². The number of amides is 1. The Morgan fingerprint density at radius 1 is 1.11 bits per heavy atom. The summed E-state index contributed by atoms with van der Waals surface area (Å²) in [5.74, 6) is 0.135. The Hall–Kier alpha value is -3.17. The second-order valence-electron chi connectivity index (χ2n) is 10.5. The van der Waals surface area contributed by atoms with E-state index in [9.17, 15) is 14.7 Å². The number of hydrogen-bond acceptors (Lipinski definition) is 6. The van der Waals surface area contributed by atoms with E-state index in [0.29, 0.717) is 48.4 Å². The normalized spacial score (nSPS) is 20.4. The molecule has 1 aromatic carbocycles. The van der Waals surface area contributed by atoms with Gasteiger partial charge in [0.05, 0.1) is 16.4 Å². The lowest BCUT2D eigenvalue weighted by molar-refractivity contribution is -0.124. The molecule has 1 aliphatic carbocycles. The maximum absolute atomic E-state index is 13.9. The number of carboxylic acid groups (broad SMARTS) is 1. The number of hydrogen-bond donors (Lipinski definition) is 1. The summed E-state index contributed by atoms with van der Waals surface area (Å²) in [6.07, 6.45) is 6.34. The minimum atomic E-state index is -1.13. The summed E-state index contributed by atoms with van der Waals surface area (Å²) < 4.78 is 12.3. The number of carbonyl (C=O) groups is 2. The summed E-state index contributed by atoms with van der Waals surface area (Å²) in [7, 11) is 0. The second-order valence-corrected chi connectivity index (χ2v) is 10.9. The van der Waals surface area contributed by atoms with Gasteiger partial charge in [-0.15, -0.1) is 5.10 Å². The molecule has 1 amide bonds. The van der Waals surface area contributed by atoms with Crippen molar-refractivity contribution in [3.63, 3.8) is 0 Å². The largest absolute Gasteiger partial charge is 0.477 e. The Kier molecular flexibility index (Phi) is 7.59. The van der Waals surface area contributed by atoms with E-state index in [1.54, 1.807) is 11.0 Å². The molecular weight excluding hydrogens is 508 g/mol. The maximum atomic E-state index is 13.9. The second kappa shape index (κ2) is 10.9. The zero-order chi connectivity index (χ0) is 27.0. The molecule has 1 aliphatic heterocycles. The van der Waals surface area contributed by atoms with Gasteiger partial charge >= 0.3 is 5.97 Å². The van der Waals surface area contributed by atoms with Crippen molar-refractivity contribution in [2.45, 2.75) is 65.3 Å². The van der Waals surface area contributed by atoms with E-state index < -0.39 is 5.97 Å². The first-order valence-electron chi connectivity index (χ1n) is 13.2. The number of carbonyl (C=O) groups excluding carboxylic acids is 1. The highest BCUT2D eigenvalue weighted by atomic mass is 35.5. The SMILES string of the molecule is Cc1noc(C)c1-c1ccc(-n2cc(C(=O)O)c(N(C(=O)C3CCC(C)CC3)C3CCOCC3)n2)cc1Cl. The van der Waals surface area contributed by atoms with E-state index in [1.807, 2.05) is 26.0 Å². The van der Waals surface area contributed by atoms with Crippen LogP contribution in [-0.2, 0) is 9.53 Å². The lowest BCUT2D eigenvalue weighted by atomic mass is 9.82. The number of nitrogens with zero attached hydrogens (tertiary/aromatic N) is 4.